The standard InChI is InChI=1S/C17H23NO2/c1-6-18(5)17(19)8-13-10-20-16-7-12(4)14(11(2)3)9-15(13)16/h7,9-11H,6,8H2,1-5H3. The highest BCUT2D eigenvalue weighted by Gasteiger charge is 2.15. The molecule has 0 spiro atoms. The van der Waals surface area contributed by atoms with Crippen LogP contribution < -0.4 is 0 Å². The van der Waals surface area contributed by atoms with Gasteiger partial charge in [0.25, 0.3) is 0 Å². The van der Waals surface area contributed by atoms with E-state index >= 15 is 0 Å². The lowest BCUT2D eigenvalue weighted by Gasteiger charge is -2.14. The predicted molar refractivity (Wildman–Crippen MR) is 82.1 cm³/mol. The second kappa shape index (κ2) is 5.70. The Hall–Kier alpha value is -1.77. The monoisotopic (exact) mass is 273 g/mol. The molecule has 1 amide bonds. The summed E-state index contributed by atoms with van der Waals surface area (Å²) in [5, 5.41) is 1.07. The Bertz CT molecular complexity index is 625. The maximum Gasteiger partial charge on any atom is 0.226 e. The minimum absolute atomic E-state index is 0.127. The number of hydrogen-bond acceptors (Lipinski definition) is 2. The smallest absolute Gasteiger partial charge is 0.226 e. The normalized spacial score (nSPS) is 11.3. The summed E-state index contributed by atoms with van der Waals surface area (Å²) in [5.74, 6) is 0.595. The van der Waals surface area contributed by atoms with Crippen molar-refractivity contribution in [3.63, 3.8) is 0 Å². The van der Waals surface area contributed by atoms with Gasteiger partial charge < -0.3 is 9.32 Å². The van der Waals surface area contributed by atoms with Crippen LogP contribution in [0.4, 0.5) is 0 Å². The number of carbonyl (C=O) groups excluding carboxylic acids is 1. The molecule has 1 heterocycles. The zero-order valence-corrected chi connectivity index (χ0v) is 13.0. The molecule has 20 heavy (non-hydrogen) atoms. The molecule has 0 atom stereocenters. The third kappa shape index (κ3) is 2.72. The summed E-state index contributed by atoms with van der Waals surface area (Å²) in [6.45, 7) is 9.18. The fourth-order valence-corrected chi connectivity index (χ4v) is 2.48. The first-order chi connectivity index (χ1) is 9.43. The van der Waals surface area contributed by atoms with E-state index in [9.17, 15) is 4.79 Å². The molecule has 0 aliphatic rings. The van der Waals surface area contributed by atoms with E-state index in [4.69, 9.17) is 4.42 Å². The predicted octanol–water partition coefficient (Wildman–Crippen LogP) is 3.89. The van der Waals surface area contributed by atoms with E-state index < -0.39 is 0 Å². The lowest BCUT2D eigenvalue weighted by atomic mass is 9.95. The fraction of sp³-hybridized carbons (Fsp3) is 0.471. The van der Waals surface area contributed by atoms with Crippen LogP contribution in [0.2, 0.25) is 0 Å². The number of fused-ring (bicyclic) bond motifs is 1. The molecule has 0 aliphatic carbocycles. The van der Waals surface area contributed by atoms with Gasteiger partial charge >= 0.3 is 0 Å². The summed E-state index contributed by atoms with van der Waals surface area (Å²) < 4.78 is 5.61. The first-order valence-corrected chi connectivity index (χ1v) is 7.18. The van der Waals surface area contributed by atoms with Gasteiger partial charge in [-0.25, -0.2) is 0 Å². The Balaban J connectivity index is 2.40. The third-order valence-corrected chi connectivity index (χ3v) is 3.91. The molecular weight excluding hydrogens is 250 g/mol. The largest absolute Gasteiger partial charge is 0.464 e. The average molecular weight is 273 g/mol. The zero-order valence-electron chi connectivity index (χ0n) is 13.0. The fourth-order valence-electron chi connectivity index (χ4n) is 2.48. The maximum absolute atomic E-state index is 12.1. The maximum atomic E-state index is 12.1. The Morgan fingerprint density at radius 2 is 2.05 bits per heavy atom. The quantitative estimate of drug-likeness (QED) is 0.847. The minimum Gasteiger partial charge on any atom is -0.464 e. The summed E-state index contributed by atoms with van der Waals surface area (Å²) in [6, 6.07) is 4.25. The second-order valence-electron chi connectivity index (χ2n) is 5.71. The lowest BCUT2D eigenvalue weighted by molar-refractivity contribution is -0.128. The zero-order chi connectivity index (χ0) is 14.9. The second-order valence-corrected chi connectivity index (χ2v) is 5.71. The Morgan fingerprint density at radius 1 is 1.35 bits per heavy atom. The van der Waals surface area contributed by atoms with E-state index in [1.165, 1.54) is 11.1 Å². The highest BCUT2D eigenvalue weighted by Crippen LogP contribution is 2.29. The number of rotatable bonds is 4. The molecule has 1 aromatic heterocycles. The van der Waals surface area contributed by atoms with E-state index in [0.717, 1.165) is 23.1 Å². The van der Waals surface area contributed by atoms with Gasteiger partial charge in [-0.2, -0.15) is 0 Å². The van der Waals surface area contributed by atoms with E-state index in [1.807, 2.05) is 14.0 Å². The van der Waals surface area contributed by atoms with Crippen molar-refractivity contribution in [3.05, 3.63) is 35.1 Å². The van der Waals surface area contributed by atoms with Gasteiger partial charge in [0.15, 0.2) is 0 Å². The molecule has 0 bridgehead atoms. The van der Waals surface area contributed by atoms with Crippen LogP contribution in [0.5, 0.6) is 0 Å². The van der Waals surface area contributed by atoms with Crippen LogP contribution in [0.25, 0.3) is 11.0 Å². The highest BCUT2D eigenvalue weighted by molar-refractivity contribution is 5.88. The van der Waals surface area contributed by atoms with Crippen molar-refractivity contribution in [3.8, 4) is 0 Å². The van der Waals surface area contributed by atoms with Crippen LogP contribution in [0, 0.1) is 6.92 Å². The van der Waals surface area contributed by atoms with Crippen molar-refractivity contribution >= 4 is 16.9 Å². The van der Waals surface area contributed by atoms with Crippen molar-refractivity contribution < 1.29 is 9.21 Å². The first kappa shape index (κ1) is 14.6. The number of nitrogens with zero attached hydrogens (tertiary/aromatic N) is 1. The molecule has 0 aliphatic heterocycles. The molecular formula is C17H23NO2. The number of benzene rings is 1. The van der Waals surface area contributed by atoms with Crippen LogP contribution in [-0.4, -0.2) is 24.4 Å². The van der Waals surface area contributed by atoms with Crippen molar-refractivity contribution in [2.75, 3.05) is 13.6 Å². The first-order valence-electron chi connectivity index (χ1n) is 7.18. The molecule has 0 unspecified atom stereocenters. The molecule has 108 valence electrons. The molecule has 2 aromatic rings. The van der Waals surface area contributed by atoms with Gasteiger partial charge in [0, 0.05) is 24.5 Å². The van der Waals surface area contributed by atoms with Crippen LogP contribution in [0.1, 0.15) is 43.4 Å². The molecule has 0 radical (unpaired) electrons. The molecule has 3 nitrogen and oxygen atoms in total. The Kier molecular flexibility index (Phi) is 4.17. The van der Waals surface area contributed by atoms with Crippen LogP contribution in [0.15, 0.2) is 22.8 Å². The molecule has 0 N–H and O–H groups in total. The summed E-state index contributed by atoms with van der Waals surface area (Å²) >= 11 is 0. The topological polar surface area (TPSA) is 33.5 Å². The number of likely N-dealkylation sites (N-methyl/N-ethyl adjacent to an activating group) is 1. The van der Waals surface area contributed by atoms with Gasteiger partial charge in [-0.1, -0.05) is 13.8 Å². The Labute approximate surface area is 120 Å². The van der Waals surface area contributed by atoms with E-state index in [0.29, 0.717) is 12.3 Å². The number of amides is 1. The van der Waals surface area contributed by atoms with E-state index in [-0.39, 0.29) is 5.91 Å². The minimum atomic E-state index is 0.127. The lowest BCUT2D eigenvalue weighted by Crippen LogP contribution is -2.27. The van der Waals surface area contributed by atoms with Gasteiger partial charge in [0.1, 0.15) is 5.58 Å². The molecule has 2 rings (SSSR count). The van der Waals surface area contributed by atoms with Crippen molar-refractivity contribution in [1.82, 2.24) is 4.90 Å². The van der Waals surface area contributed by atoms with Gasteiger partial charge in [-0.15, -0.1) is 0 Å². The third-order valence-electron chi connectivity index (χ3n) is 3.91. The summed E-state index contributed by atoms with van der Waals surface area (Å²) in [5.41, 5.74) is 4.41. The highest BCUT2D eigenvalue weighted by atomic mass is 16.3. The van der Waals surface area contributed by atoms with E-state index in [2.05, 4.69) is 32.9 Å². The molecule has 0 fully saturated rings. The van der Waals surface area contributed by atoms with Crippen LogP contribution >= 0.6 is 0 Å². The number of aryl methyl sites for hydroxylation is 1. The van der Waals surface area contributed by atoms with Crippen molar-refractivity contribution in [2.24, 2.45) is 0 Å². The van der Waals surface area contributed by atoms with Gasteiger partial charge in [0.05, 0.1) is 12.7 Å². The summed E-state index contributed by atoms with van der Waals surface area (Å²) in [4.78, 5) is 13.8. The molecule has 0 saturated carbocycles. The number of furan rings is 1. The van der Waals surface area contributed by atoms with Gasteiger partial charge in [0.2, 0.25) is 5.91 Å². The summed E-state index contributed by atoms with van der Waals surface area (Å²) in [6.07, 6.45) is 2.12. The van der Waals surface area contributed by atoms with Crippen molar-refractivity contribution in [2.45, 2.75) is 40.0 Å². The SMILES string of the molecule is CCN(C)C(=O)Cc1coc2cc(C)c(C(C)C)cc12. The van der Waals surface area contributed by atoms with Crippen LogP contribution in [-0.2, 0) is 11.2 Å². The Morgan fingerprint density at radius 3 is 2.65 bits per heavy atom. The van der Waals surface area contributed by atoms with Crippen molar-refractivity contribution in [1.29, 1.82) is 0 Å². The van der Waals surface area contributed by atoms with Crippen LogP contribution in [0.3, 0.4) is 0 Å². The summed E-state index contributed by atoms with van der Waals surface area (Å²) in [7, 11) is 1.83. The van der Waals surface area contributed by atoms with Gasteiger partial charge in [-0.05, 0) is 43.0 Å². The molecule has 3 heteroatoms. The van der Waals surface area contributed by atoms with Gasteiger partial charge in [-0.3, -0.25) is 4.79 Å². The molecule has 1 aromatic carbocycles. The number of hydrogen-bond donors (Lipinski definition) is 0. The molecule has 0 saturated heterocycles. The average Bonchev–Trinajstić information content (AvgIpc) is 2.78. The number of carbonyl (C=O) groups is 1. The van der Waals surface area contributed by atoms with E-state index in [1.54, 1.807) is 11.2 Å².